The first-order valence-electron chi connectivity index (χ1n) is 10.1. The van der Waals surface area contributed by atoms with Crippen LogP contribution in [-0.2, 0) is 0 Å². The van der Waals surface area contributed by atoms with E-state index in [0.29, 0.717) is 17.9 Å². The number of nitrogens with one attached hydrogen (secondary N) is 2. The Balaban J connectivity index is 1.75. The molecule has 2 amide bonds. The molecule has 0 atom stereocenters. The standard InChI is InChI=1S/C23H24N2O6/c1-2-3-4-5-13-30-16-11-9-15(10-12-16)22(27)24-18-8-6-7-17-19(26)14-20(23(28)25-29)31-21(17)18/h6-12,14,29H,2-5,13H2,1H3,(H,24,27)(H,25,28). The van der Waals surface area contributed by atoms with Crippen LogP contribution >= 0.6 is 0 Å². The van der Waals surface area contributed by atoms with E-state index in [1.165, 1.54) is 24.4 Å². The summed E-state index contributed by atoms with van der Waals surface area (Å²) in [5, 5.41) is 11.7. The third kappa shape index (κ3) is 5.49. The summed E-state index contributed by atoms with van der Waals surface area (Å²) >= 11 is 0. The van der Waals surface area contributed by atoms with Gasteiger partial charge in [-0.15, -0.1) is 0 Å². The van der Waals surface area contributed by atoms with E-state index in [0.717, 1.165) is 18.9 Å². The van der Waals surface area contributed by atoms with Crippen LogP contribution in [0.3, 0.4) is 0 Å². The first kappa shape index (κ1) is 22.0. The maximum atomic E-state index is 12.7. The molecule has 0 aliphatic rings. The molecule has 31 heavy (non-hydrogen) atoms. The lowest BCUT2D eigenvalue weighted by molar-refractivity contribution is 0.0676. The van der Waals surface area contributed by atoms with Crippen LogP contribution in [0.15, 0.2) is 57.7 Å². The van der Waals surface area contributed by atoms with Gasteiger partial charge in [0.05, 0.1) is 17.7 Å². The zero-order chi connectivity index (χ0) is 22.2. The van der Waals surface area contributed by atoms with Crippen LogP contribution in [0.1, 0.15) is 53.5 Å². The third-order valence-corrected chi connectivity index (χ3v) is 4.71. The fraction of sp³-hybridized carbons (Fsp3) is 0.261. The molecule has 1 heterocycles. The minimum absolute atomic E-state index is 0.0361. The monoisotopic (exact) mass is 424 g/mol. The molecular weight excluding hydrogens is 400 g/mol. The van der Waals surface area contributed by atoms with E-state index in [2.05, 4.69) is 12.2 Å². The van der Waals surface area contributed by atoms with Crippen molar-refractivity contribution in [3.63, 3.8) is 0 Å². The Morgan fingerprint density at radius 3 is 2.52 bits per heavy atom. The second kappa shape index (κ2) is 10.4. The topological polar surface area (TPSA) is 118 Å². The van der Waals surface area contributed by atoms with Gasteiger partial charge in [0.25, 0.3) is 5.91 Å². The van der Waals surface area contributed by atoms with Crippen molar-refractivity contribution in [1.82, 2.24) is 5.48 Å². The number of hydrogen-bond acceptors (Lipinski definition) is 6. The molecule has 0 aliphatic carbocycles. The van der Waals surface area contributed by atoms with Gasteiger partial charge >= 0.3 is 5.91 Å². The van der Waals surface area contributed by atoms with Crippen LogP contribution in [0.2, 0.25) is 0 Å². The van der Waals surface area contributed by atoms with Gasteiger partial charge in [-0.05, 0) is 42.8 Å². The molecule has 162 valence electrons. The summed E-state index contributed by atoms with van der Waals surface area (Å²) in [6.45, 7) is 2.78. The van der Waals surface area contributed by atoms with E-state index in [-0.39, 0.29) is 22.4 Å². The summed E-state index contributed by atoms with van der Waals surface area (Å²) in [4.78, 5) is 36.6. The Kier molecular flexibility index (Phi) is 7.40. The highest BCUT2D eigenvalue weighted by molar-refractivity contribution is 6.08. The van der Waals surface area contributed by atoms with E-state index in [1.54, 1.807) is 36.4 Å². The number of amides is 2. The number of unbranched alkanes of at least 4 members (excludes halogenated alkanes) is 3. The number of para-hydroxylation sites is 1. The van der Waals surface area contributed by atoms with Crippen LogP contribution in [0.25, 0.3) is 11.0 Å². The van der Waals surface area contributed by atoms with Gasteiger partial charge in [-0.1, -0.05) is 32.3 Å². The van der Waals surface area contributed by atoms with E-state index in [4.69, 9.17) is 14.4 Å². The molecule has 3 rings (SSSR count). The minimum Gasteiger partial charge on any atom is -0.494 e. The number of anilines is 1. The molecule has 8 nitrogen and oxygen atoms in total. The molecule has 0 saturated carbocycles. The molecule has 0 fully saturated rings. The molecular formula is C23H24N2O6. The van der Waals surface area contributed by atoms with Crippen molar-refractivity contribution in [2.24, 2.45) is 0 Å². The molecule has 0 saturated heterocycles. The van der Waals surface area contributed by atoms with Crippen LogP contribution in [-0.4, -0.2) is 23.6 Å². The molecule has 0 radical (unpaired) electrons. The van der Waals surface area contributed by atoms with Crippen molar-refractivity contribution in [2.45, 2.75) is 32.6 Å². The smallest absolute Gasteiger partial charge is 0.310 e. The van der Waals surface area contributed by atoms with Gasteiger partial charge in [-0.2, -0.15) is 0 Å². The number of ether oxygens (including phenoxy) is 1. The van der Waals surface area contributed by atoms with E-state index < -0.39 is 17.2 Å². The maximum absolute atomic E-state index is 12.7. The van der Waals surface area contributed by atoms with E-state index in [1.807, 2.05) is 0 Å². The highest BCUT2D eigenvalue weighted by atomic mass is 16.5. The zero-order valence-corrected chi connectivity index (χ0v) is 17.1. The molecule has 2 aromatic carbocycles. The van der Waals surface area contributed by atoms with Crippen LogP contribution in [0.4, 0.5) is 5.69 Å². The third-order valence-electron chi connectivity index (χ3n) is 4.71. The van der Waals surface area contributed by atoms with E-state index >= 15 is 0 Å². The fourth-order valence-corrected chi connectivity index (χ4v) is 3.06. The zero-order valence-electron chi connectivity index (χ0n) is 17.1. The number of rotatable bonds is 9. The van der Waals surface area contributed by atoms with Crippen LogP contribution in [0, 0.1) is 0 Å². The first-order valence-corrected chi connectivity index (χ1v) is 10.1. The molecule has 0 bridgehead atoms. The number of carbonyl (C=O) groups is 2. The predicted molar refractivity (Wildman–Crippen MR) is 116 cm³/mol. The van der Waals surface area contributed by atoms with Gasteiger partial charge < -0.3 is 14.5 Å². The summed E-state index contributed by atoms with van der Waals surface area (Å²) in [6.07, 6.45) is 4.46. The Morgan fingerprint density at radius 1 is 1.03 bits per heavy atom. The van der Waals surface area contributed by atoms with Crippen molar-refractivity contribution in [2.75, 3.05) is 11.9 Å². The maximum Gasteiger partial charge on any atom is 0.310 e. The highest BCUT2D eigenvalue weighted by Crippen LogP contribution is 2.23. The molecule has 3 N–H and O–H groups in total. The molecule has 0 unspecified atom stereocenters. The van der Waals surface area contributed by atoms with Crippen LogP contribution < -0.4 is 21.0 Å². The molecule has 8 heteroatoms. The van der Waals surface area contributed by atoms with Crippen molar-refractivity contribution in [3.8, 4) is 5.75 Å². The lowest BCUT2D eigenvalue weighted by atomic mass is 10.1. The van der Waals surface area contributed by atoms with Gasteiger partial charge in [0.15, 0.2) is 16.8 Å². The van der Waals surface area contributed by atoms with Crippen molar-refractivity contribution < 1.29 is 24.0 Å². The number of benzene rings is 2. The van der Waals surface area contributed by atoms with E-state index in [9.17, 15) is 14.4 Å². The first-order chi connectivity index (χ1) is 15.0. The minimum atomic E-state index is -0.967. The Morgan fingerprint density at radius 2 is 1.81 bits per heavy atom. The average molecular weight is 424 g/mol. The Labute approximate surface area is 178 Å². The number of fused-ring (bicyclic) bond motifs is 1. The highest BCUT2D eigenvalue weighted by Gasteiger charge is 2.16. The molecule has 0 aliphatic heterocycles. The summed E-state index contributed by atoms with van der Waals surface area (Å²) in [5.41, 5.74) is 1.59. The van der Waals surface area contributed by atoms with Gasteiger partial charge in [0.1, 0.15) is 5.75 Å². The Bertz CT molecular complexity index is 1120. The summed E-state index contributed by atoms with van der Waals surface area (Å²) in [7, 11) is 0. The summed E-state index contributed by atoms with van der Waals surface area (Å²) < 4.78 is 11.1. The molecule has 1 aromatic heterocycles. The second-order valence-electron chi connectivity index (χ2n) is 6.99. The van der Waals surface area contributed by atoms with Gasteiger partial charge in [-0.25, -0.2) is 5.48 Å². The largest absolute Gasteiger partial charge is 0.494 e. The Hall–Kier alpha value is -3.65. The predicted octanol–water partition coefficient (Wildman–Crippen LogP) is 4.12. The SMILES string of the molecule is CCCCCCOc1ccc(C(=O)Nc2cccc3c(=O)cc(C(=O)NO)oc23)cc1. The van der Waals surface area contributed by atoms with Gasteiger partial charge in [-0.3, -0.25) is 19.6 Å². The summed E-state index contributed by atoms with van der Waals surface area (Å²) in [6, 6.07) is 12.4. The normalized spacial score (nSPS) is 10.6. The summed E-state index contributed by atoms with van der Waals surface area (Å²) in [5.74, 6) is -1.07. The van der Waals surface area contributed by atoms with Crippen molar-refractivity contribution in [1.29, 1.82) is 0 Å². The quantitative estimate of drug-likeness (QED) is 0.270. The lowest BCUT2D eigenvalue weighted by Crippen LogP contribution is -2.20. The number of hydroxylamine groups is 1. The number of hydrogen-bond donors (Lipinski definition) is 3. The molecule has 3 aromatic rings. The van der Waals surface area contributed by atoms with Gasteiger partial charge in [0.2, 0.25) is 0 Å². The van der Waals surface area contributed by atoms with Crippen LogP contribution in [0.5, 0.6) is 5.75 Å². The lowest BCUT2D eigenvalue weighted by Gasteiger charge is -2.10. The van der Waals surface area contributed by atoms with Crippen molar-refractivity contribution in [3.05, 3.63) is 70.1 Å². The molecule has 0 spiro atoms. The van der Waals surface area contributed by atoms with Crippen molar-refractivity contribution >= 4 is 28.5 Å². The second-order valence-corrected chi connectivity index (χ2v) is 6.99. The van der Waals surface area contributed by atoms with Gasteiger partial charge in [0, 0.05) is 11.6 Å². The fourth-order valence-electron chi connectivity index (χ4n) is 3.06. The average Bonchev–Trinajstić information content (AvgIpc) is 2.79. The number of carbonyl (C=O) groups excluding carboxylic acids is 2.